The van der Waals surface area contributed by atoms with Crippen LogP contribution in [0.5, 0.6) is 5.75 Å². The number of carbonyl (C=O) groups is 2. The van der Waals surface area contributed by atoms with Crippen LogP contribution in [0.1, 0.15) is 109 Å². The van der Waals surface area contributed by atoms with Gasteiger partial charge in [-0.1, -0.05) is 34.1 Å². The van der Waals surface area contributed by atoms with E-state index in [2.05, 4.69) is 59.5 Å². The lowest BCUT2D eigenvalue weighted by Crippen LogP contribution is -2.46. The van der Waals surface area contributed by atoms with Crippen LogP contribution in [-0.2, 0) is 20.7 Å². The largest absolute Gasteiger partial charge is 0.495 e. The third-order valence-corrected chi connectivity index (χ3v) is 12.4. The number of ether oxygens (including phenoxy) is 2. The number of carboxylic acid groups (broad SMARTS) is 1. The zero-order chi connectivity index (χ0) is 36.6. The van der Waals surface area contributed by atoms with E-state index >= 15 is 0 Å². The number of rotatable bonds is 11. The van der Waals surface area contributed by atoms with Gasteiger partial charge in [0.15, 0.2) is 0 Å². The predicted octanol–water partition coefficient (Wildman–Crippen LogP) is 7.76. The lowest BCUT2D eigenvalue weighted by Gasteiger charge is -2.52. The fraction of sp³-hybridized carbons (Fsp3) is 0.784. The summed E-state index contributed by atoms with van der Waals surface area (Å²) < 4.78 is 44.9. The van der Waals surface area contributed by atoms with E-state index in [-0.39, 0.29) is 24.4 Å². The van der Waals surface area contributed by atoms with Crippen LogP contribution in [0.3, 0.4) is 0 Å². The highest BCUT2D eigenvalue weighted by Crippen LogP contribution is 2.62. The summed E-state index contributed by atoms with van der Waals surface area (Å²) >= 11 is 0.569. The van der Waals surface area contributed by atoms with Crippen LogP contribution < -0.4 is 9.64 Å². The molecule has 3 aliphatic carbocycles. The van der Waals surface area contributed by atoms with E-state index in [1.807, 2.05) is 7.11 Å². The average molecular weight is 704 g/mol. The van der Waals surface area contributed by atoms with Crippen molar-refractivity contribution in [1.82, 2.24) is 0 Å². The Kier molecular flexibility index (Phi) is 15.4. The highest BCUT2D eigenvalue weighted by atomic mass is 32.2. The Balaban J connectivity index is 0.000000394. The molecule has 1 aromatic rings. The van der Waals surface area contributed by atoms with Gasteiger partial charge in [0.1, 0.15) is 27.2 Å². The van der Waals surface area contributed by atoms with Gasteiger partial charge in [-0.25, -0.2) is 0 Å². The molecule has 1 aromatic carbocycles. The summed E-state index contributed by atoms with van der Waals surface area (Å²) in [5, 5.41) is 6.89. The molecule has 4 radical (unpaired) electrons. The number of methoxy groups -OCH3 is 1. The monoisotopic (exact) mass is 703 g/mol. The van der Waals surface area contributed by atoms with E-state index in [1.54, 1.807) is 0 Å². The molecule has 2 saturated carbocycles. The highest BCUT2D eigenvalue weighted by molar-refractivity contribution is 7.93. The van der Waals surface area contributed by atoms with Crippen LogP contribution in [-0.4, -0.2) is 87.9 Å². The quantitative estimate of drug-likeness (QED) is 0.105. The standard InChI is InChI=1S/C31H47NO3.C5H8B2F2OS.CH2O2/c1-7-30(3,4)12-10-21-16-22-17-26(32-14-15-35-20(2)19-32)27(34-6)18-24(22)23-11-13-31(5)25(29(21)23)8-9-28(31)33;6-4(8)5(7,9)2-1-3-11-10;2-1-3/h17-18,20-21,23,25,29H,7-16,19H2,1-6H3;4,10H,1-3H2;1H,(H,2,3)/t20?,21-,23?,25?,29?,31?;;/m1../s1. The maximum atomic E-state index is 13.0. The number of halogens is 2. The predicted molar refractivity (Wildman–Crippen MR) is 196 cm³/mol. The minimum atomic E-state index is -2.46. The van der Waals surface area contributed by atoms with Gasteiger partial charge in [-0.2, -0.15) is 0 Å². The van der Waals surface area contributed by atoms with Gasteiger partial charge in [0.05, 0.1) is 37.1 Å². The molecule has 3 fully saturated rings. The third-order valence-electron chi connectivity index (χ3n) is 11.9. The molecule has 272 valence electrons. The number of Topliss-reactive ketones (excluding diaryl/α,β-unsaturated/α-hetero) is 1. The van der Waals surface area contributed by atoms with E-state index < -0.39 is 11.6 Å². The van der Waals surface area contributed by atoms with Crippen molar-refractivity contribution in [3.8, 4) is 5.75 Å². The maximum Gasteiger partial charge on any atom is 0.290 e. The van der Waals surface area contributed by atoms with E-state index in [1.165, 1.54) is 36.1 Å². The number of ketones is 1. The molecule has 7 nitrogen and oxygen atoms in total. The van der Waals surface area contributed by atoms with Crippen LogP contribution in [0.15, 0.2) is 12.1 Å². The fourth-order valence-corrected chi connectivity index (χ4v) is 8.87. The second-order valence-electron chi connectivity index (χ2n) is 15.4. The van der Waals surface area contributed by atoms with Crippen molar-refractivity contribution in [2.24, 2.45) is 28.6 Å². The molecule has 8 atom stereocenters. The molecule has 2 N–H and O–H groups in total. The molecule has 0 aromatic heterocycles. The first-order valence-corrected chi connectivity index (χ1v) is 18.9. The van der Waals surface area contributed by atoms with Crippen molar-refractivity contribution in [2.45, 2.75) is 122 Å². The number of nitrogens with zero attached hydrogens (tertiary/aromatic N) is 1. The smallest absolute Gasteiger partial charge is 0.290 e. The summed E-state index contributed by atoms with van der Waals surface area (Å²) in [7, 11) is 11.3. The molecule has 1 heterocycles. The average Bonchev–Trinajstić information content (AvgIpc) is 3.37. The van der Waals surface area contributed by atoms with Crippen LogP contribution in [0.25, 0.3) is 0 Å². The Morgan fingerprint density at radius 2 is 1.98 bits per heavy atom. The summed E-state index contributed by atoms with van der Waals surface area (Å²) in [6.45, 7) is 14.0. The van der Waals surface area contributed by atoms with Gasteiger partial charge in [0, 0.05) is 30.7 Å². The van der Waals surface area contributed by atoms with Crippen LogP contribution in [0.4, 0.5) is 14.5 Å². The molecular weight excluding hydrogens is 646 g/mol. The topological polar surface area (TPSA) is 96.3 Å². The summed E-state index contributed by atoms with van der Waals surface area (Å²) in [6, 6.07) is 4.85. The second kappa shape index (κ2) is 18.1. The molecule has 5 rings (SSSR count). The third kappa shape index (κ3) is 10.2. The number of hydrogen-bond donors (Lipinski definition) is 2. The summed E-state index contributed by atoms with van der Waals surface area (Å²) in [4.78, 5) is 23.9. The minimum absolute atomic E-state index is 0.0921. The van der Waals surface area contributed by atoms with Gasteiger partial charge < -0.3 is 24.0 Å². The number of fused-ring (bicyclic) bond motifs is 5. The van der Waals surface area contributed by atoms with E-state index in [0.717, 1.165) is 57.6 Å². The molecule has 1 aliphatic heterocycles. The van der Waals surface area contributed by atoms with Gasteiger partial charge in [-0.3, -0.25) is 18.4 Å². The van der Waals surface area contributed by atoms with Gasteiger partial charge in [-0.05, 0) is 123 Å². The Labute approximate surface area is 300 Å². The number of alkyl halides is 2. The van der Waals surface area contributed by atoms with Crippen molar-refractivity contribution in [1.29, 1.82) is 0 Å². The van der Waals surface area contributed by atoms with Crippen molar-refractivity contribution < 1.29 is 37.5 Å². The molecule has 0 amide bonds. The molecule has 0 bridgehead atoms. The second-order valence-corrected chi connectivity index (χ2v) is 16.1. The van der Waals surface area contributed by atoms with Crippen molar-refractivity contribution in [3.63, 3.8) is 0 Å². The number of benzene rings is 1. The first-order chi connectivity index (χ1) is 23.1. The Hall–Kier alpha value is -1.78. The summed E-state index contributed by atoms with van der Waals surface area (Å²) in [5.41, 5.74) is 2.12. The lowest BCUT2D eigenvalue weighted by molar-refractivity contribution is -0.130. The van der Waals surface area contributed by atoms with Crippen LogP contribution in [0.2, 0.25) is 0 Å². The number of hydrogen-bond acceptors (Lipinski definition) is 7. The maximum absolute atomic E-state index is 13.0. The van der Waals surface area contributed by atoms with E-state index in [4.69, 9.17) is 31.8 Å². The molecular formula is C37H57B2F2NO6S. The number of morpholine rings is 1. The Morgan fingerprint density at radius 1 is 1.29 bits per heavy atom. The zero-order valence-corrected chi connectivity index (χ0v) is 31.2. The Morgan fingerprint density at radius 3 is 2.57 bits per heavy atom. The van der Waals surface area contributed by atoms with Gasteiger partial charge in [0.2, 0.25) is 0 Å². The first-order valence-electron chi connectivity index (χ1n) is 17.9. The number of carbonyl (C=O) groups excluding carboxylic acids is 1. The van der Waals surface area contributed by atoms with E-state index in [0.29, 0.717) is 59.1 Å². The molecule has 4 aliphatic rings. The van der Waals surface area contributed by atoms with Gasteiger partial charge in [-0.15, -0.1) is 0 Å². The molecule has 12 heteroatoms. The normalized spacial score (nSPS) is 29.4. The molecule has 49 heavy (non-hydrogen) atoms. The minimum Gasteiger partial charge on any atom is -0.495 e. The first kappa shape index (κ1) is 41.6. The van der Waals surface area contributed by atoms with Crippen molar-refractivity contribution in [3.05, 3.63) is 23.3 Å². The fourth-order valence-electron chi connectivity index (χ4n) is 8.60. The highest BCUT2D eigenvalue weighted by Gasteiger charge is 2.57. The molecule has 1 saturated heterocycles. The lowest BCUT2D eigenvalue weighted by atomic mass is 9.52. The Bertz CT molecular complexity index is 1240. The SMILES string of the molecule is CCC(C)(C)CC[C@@H]1Cc2cc(N3CCOC(C)C3)c(OC)cc2C2CCC3(C)C(=O)CCC3C21.O=CO.[B]C(F)C([B])(F)CCCSO. The van der Waals surface area contributed by atoms with Crippen LogP contribution in [0, 0.1) is 28.6 Å². The van der Waals surface area contributed by atoms with Gasteiger partial charge >= 0.3 is 0 Å². The van der Waals surface area contributed by atoms with E-state index in [9.17, 15) is 13.6 Å². The number of anilines is 1. The molecule has 0 spiro atoms. The van der Waals surface area contributed by atoms with Crippen molar-refractivity contribution in [2.75, 3.05) is 37.5 Å². The van der Waals surface area contributed by atoms with Crippen LogP contribution >= 0.6 is 12.0 Å². The summed E-state index contributed by atoms with van der Waals surface area (Å²) in [5.74, 6) is 4.27. The van der Waals surface area contributed by atoms with Crippen molar-refractivity contribution >= 4 is 45.7 Å². The zero-order valence-electron chi connectivity index (χ0n) is 30.4. The molecule has 7 unspecified atom stereocenters. The summed E-state index contributed by atoms with van der Waals surface area (Å²) in [6.07, 6.45) is 7.20. The van der Waals surface area contributed by atoms with Gasteiger partial charge in [0.25, 0.3) is 6.47 Å².